The number of ether oxygens (including phenoxy) is 1. The summed E-state index contributed by atoms with van der Waals surface area (Å²) in [7, 11) is 0. The van der Waals surface area contributed by atoms with E-state index < -0.39 is 4.92 Å². The first-order chi connectivity index (χ1) is 12.0. The Bertz CT molecular complexity index is 968. The van der Waals surface area contributed by atoms with Crippen LogP contribution in [0.4, 0.5) is 17.2 Å². The van der Waals surface area contributed by atoms with Gasteiger partial charge in [-0.05, 0) is 47.7 Å². The number of aromatic nitrogens is 2. The lowest BCUT2D eigenvalue weighted by Gasteiger charge is -2.11. The Hall–Kier alpha value is -2.20. The molecule has 0 bridgehead atoms. The van der Waals surface area contributed by atoms with Gasteiger partial charge in [-0.3, -0.25) is 10.1 Å². The van der Waals surface area contributed by atoms with Crippen molar-refractivity contribution in [1.29, 1.82) is 0 Å². The molecule has 2 aromatic carbocycles. The number of nitro groups is 1. The fourth-order valence-corrected chi connectivity index (χ4v) is 2.81. The zero-order valence-corrected chi connectivity index (χ0v) is 15.9. The maximum Gasteiger partial charge on any atom is 0.311 e. The molecule has 7 nitrogen and oxygen atoms in total. The first kappa shape index (κ1) is 17.6. The molecule has 0 aliphatic heterocycles. The van der Waals surface area contributed by atoms with Crippen molar-refractivity contribution in [3.63, 3.8) is 0 Å². The number of halogens is 2. The van der Waals surface area contributed by atoms with E-state index in [1.165, 1.54) is 12.4 Å². The Morgan fingerprint density at radius 1 is 1.32 bits per heavy atom. The van der Waals surface area contributed by atoms with Crippen molar-refractivity contribution in [3.8, 4) is 5.75 Å². The third-order valence-corrected chi connectivity index (χ3v) is 4.97. The van der Waals surface area contributed by atoms with Gasteiger partial charge in [-0.1, -0.05) is 11.6 Å². The lowest BCUT2D eigenvalue weighted by molar-refractivity contribution is -0.385. The molecule has 0 amide bonds. The third kappa shape index (κ3) is 3.74. The summed E-state index contributed by atoms with van der Waals surface area (Å²) in [4.78, 5) is 19.2. The second-order valence-electron chi connectivity index (χ2n) is 5.00. The molecule has 0 atom stereocenters. The first-order valence-electron chi connectivity index (χ1n) is 7.27. The summed E-state index contributed by atoms with van der Waals surface area (Å²) in [5.74, 6) is 0.635. The third-order valence-electron chi connectivity index (χ3n) is 3.39. The van der Waals surface area contributed by atoms with Crippen LogP contribution < -0.4 is 10.1 Å². The predicted molar refractivity (Wildman–Crippen MR) is 105 cm³/mol. The minimum atomic E-state index is -0.483. The van der Waals surface area contributed by atoms with Crippen molar-refractivity contribution in [3.05, 3.63) is 55.4 Å². The van der Waals surface area contributed by atoms with E-state index in [0.717, 1.165) is 9.26 Å². The highest BCUT2D eigenvalue weighted by molar-refractivity contribution is 14.1. The van der Waals surface area contributed by atoms with Crippen LogP contribution in [0.3, 0.4) is 0 Å². The number of rotatable bonds is 5. The van der Waals surface area contributed by atoms with Crippen LogP contribution in [0.25, 0.3) is 10.9 Å². The summed E-state index contributed by atoms with van der Waals surface area (Å²) in [6.07, 6.45) is 1.39. The molecule has 3 aromatic rings. The normalized spacial score (nSPS) is 10.7. The van der Waals surface area contributed by atoms with Crippen LogP contribution >= 0.6 is 34.2 Å². The summed E-state index contributed by atoms with van der Waals surface area (Å²) in [6, 6.07) is 8.44. The quantitative estimate of drug-likeness (QED) is 0.323. The van der Waals surface area contributed by atoms with Crippen LogP contribution in [0.2, 0.25) is 5.02 Å². The van der Waals surface area contributed by atoms with Crippen LogP contribution in [0.5, 0.6) is 5.75 Å². The second-order valence-corrected chi connectivity index (χ2v) is 6.57. The van der Waals surface area contributed by atoms with Crippen molar-refractivity contribution in [2.24, 2.45) is 0 Å². The fourth-order valence-electron chi connectivity index (χ4n) is 2.30. The number of hydrogen-bond acceptors (Lipinski definition) is 6. The van der Waals surface area contributed by atoms with Gasteiger partial charge in [0.05, 0.1) is 27.5 Å². The van der Waals surface area contributed by atoms with Gasteiger partial charge in [0, 0.05) is 21.4 Å². The Morgan fingerprint density at radius 2 is 2.12 bits per heavy atom. The molecule has 1 heterocycles. The first-order valence-corrected chi connectivity index (χ1v) is 8.73. The molecule has 0 aliphatic carbocycles. The highest BCUT2D eigenvalue weighted by atomic mass is 127. The molecule has 1 aromatic heterocycles. The Labute approximate surface area is 161 Å². The number of hydrogen-bond donors (Lipinski definition) is 1. The lowest BCUT2D eigenvalue weighted by atomic mass is 10.2. The minimum Gasteiger partial charge on any atom is -0.487 e. The average molecular weight is 471 g/mol. The second kappa shape index (κ2) is 7.36. The lowest BCUT2D eigenvalue weighted by Crippen LogP contribution is -2.00. The molecule has 25 heavy (non-hydrogen) atoms. The van der Waals surface area contributed by atoms with Gasteiger partial charge in [0.15, 0.2) is 5.75 Å². The van der Waals surface area contributed by atoms with Gasteiger partial charge in [0.25, 0.3) is 0 Å². The Morgan fingerprint density at radius 3 is 2.80 bits per heavy atom. The maximum atomic E-state index is 11.3. The van der Waals surface area contributed by atoms with Gasteiger partial charge in [0.2, 0.25) is 0 Å². The molecule has 0 saturated heterocycles. The topological polar surface area (TPSA) is 90.2 Å². The van der Waals surface area contributed by atoms with E-state index in [1.807, 2.05) is 12.1 Å². The zero-order valence-electron chi connectivity index (χ0n) is 13.0. The van der Waals surface area contributed by atoms with Crippen molar-refractivity contribution in [2.75, 3.05) is 11.9 Å². The largest absolute Gasteiger partial charge is 0.487 e. The van der Waals surface area contributed by atoms with Crippen molar-refractivity contribution in [1.82, 2.24) is 9.97 Å². The molecule has 0 spiro atoms. The van der Waals surface area contributed by atoms with Crippen molar-refractivity contribution >= 4 is 62.3 Å². The molecule has 0 saturated carbocycles. The van der Waals surface area contributed by atoms with E-state index >= 15 is 0 Å². The van der Waals surface area contributed by atoms with Gasteiger partial charge in [0.1, 0.15) is 12.1 Å². The van der Waals surface area contributed by atoms with Gasteiger partial charge in [-0.15, -0.1) is 0 Å². The highest BCUT2D eigenvalue weighted by Gasteiger charge is 2.19. The monoisotopic (exact) mass is 470 g/mol. The number of nitro benzene ring substituents is 1. The van der Waals surface area contributed by atoms with Crippen molar-refractivity contribution in [2.45, 2.75) is 6.92 Å². The summed E-state index contributed by atoms with van der Waals surface area (Å²) in [6.45, 7) is 2.09. The molecular formula is C16H12ClIN4O3. The molecular weight excluding hydrogens is 459 g/mol. The fraction of sp³-hybridized carbons (Fsp3) is 0.125. The standard InChI is InChI=1S/C16H12ClIN4O3/c1-2-25-15-7-13-10(6-14(15)22(23)24)16(20-8-19-13)21-9-3-4-12(18)11(17)5-9/h3-8H,2H2,1H3,(H,19,20,21). The molecule has 9 heteroatoms. The molecule has 3 rings (SSSR count). The van der Waals surface area contributed by atoms with E-state index in [1.54, 1.807) is 19.1 Å². The predicted octanol–water partition coefficient (Wildman–Crippen LogP) is 4.94. The summed E-state index contributed by atoms with van der Waals surface area (Å²) >= 11 is 8.27. The van der Waals surface area contributed by atoms with E-state index in [2.05, 4.69) is 37.9 Å². The number of benzene rings is 2. The average Bonchev–Trinajstić information content (AvgIpc) is 2.58. The number of nitrogens with one attached hydrogen (secondary N) is 1. The van der Waals surface area contributed by atoms with Crippen LogP contribution in [0.1, 0.15) is 6.92 Å². The molecule has 128 valence electrons. The number of anilines is 2. The smallest absolute Gasteiger partial charge is 0.311 e. The molecule has 0 aliphatic rings. The van der Waals surface area contributed by atoms with Gasteiger partial charge < -0.3 is 10.1 Å². The SMILES string of the molecule is CCOc1cc2ncnc(Nc3ccc(I)c(Cl)c3)c2cc1[N+](=O)[O-]. The van der Waals surface area contributed by atoms with Crippen LogP contribution in [-0.2, 0) is 0 Å². The zero-order chi connectivity index (χ0) is 18.0. The number of fused-ring (bicyclic) bond motifs is 1. The van der Waals surface area contributed by atoms with Crippen LogP contribution in [0.15, 0.2) is 36.7 Å². The van der Waals surface area contributed by atoms with Crippen LogP contribution in [0, 0.1) is 13.7 Å². The van der Waals surface area contributed by atoms with Gasteiger partial charge in [-0.25, -0.2) is 9.97 Å². The van der Waals surface area contributed by atoms with E-state index in [4.69, 9.17) is 16.3 Å². The maximum absolute atomic E-state index is 11.3. The minimum absolute atomic E-state index is 0.132. The molecule has 0 fully saturated rings. The van der Waals surface area contributed by atoms with E-state index in [0.29, 0.717) is 28.4 Å². The van der Waals surface area contributed by atoms with Gasteiger partial charge in [-0.2, -0.15) is 0 Å². The Kier molecular flexibility index (Phi) is 5.19. The van der Waals surface area contributed by atoms with Crippen LogP contribution in [-0.4, -0.2) is 21.5 Å². The summed E-state index contributed by atoms with van der Waals surface area (Å²) < 4.78 is 6.28. The van der Waals surface area contributed by atoms with Gasteiger partial charge >= 0.3 is 5.69 Å². The summed E-state index contributed by atoms with van der Waals surface area (Å²) in [5, 5.41) is 15.6. The molecule has 1 N–H and O–H groups in total. The Balaban J connectivity index is 2.10. The van der Waals surface area contributed by atoms with E-state index in [-0.39, 0.29) is 11.4 Å². The summed E-state index contributed by atoms with van der Waals surface area (Å²) in [5.41, 5.74) is 1.14. The van der Waals surface area contributed by atoms with Crippen molar-refractivity contribution < 1.29 is 9.66 Å². The number of nitrogens with zero attached hydrogens (tertiary/aromatic N) is 3. The van der Waals surface area contributed by atoms with E-state index in [9.17, 15) is 10.1 Å². The molecule has 0 unspecified atom stereocenters. The highest BCUT2D eigenvalue weighted by Crippen LogP contribution is 2.35. The molecule has 0 radical (unpaired) electrons.